The van der Waals surface area contributed by atoms with Crippen molar-refractivity contribution in [2.24, 2.45) is 0 Å². The van der Waals surface area contributed by atoms with E-state index in [0.29, 0.717) is 6.79 Å². The molecule has 1 heterocycles. The average molecular weight is 225 g/mol. The van der Waals surface area contributed by atoms with E-state index in [4.69, 9.17) is 9.47 Å². The summed E-state index contributed by atoms with van der Waals surface area (Å²) in [6.45, 7) is 8.10. The van der Waals surface area contributed by atoms with Crippen LogP contribution in [0.4, 0.5) is 0 Å². The number of nitrogens with zero attached hydrogens (tertiary/aromatic N) is 1. The maximum absolute atomic E-state index is 5.40. The van der Waals surface area contributed by atoms with Crippen LogP contribution in [-0.4, -0.2) is 26.5 Å². The molecule has 15 heavy (non-hydrogen) atoms. The Labute approximate surface area is 92.4 Å². The highest BCUT2D eigenvalue weighted by atomic mass is 28.3. The fourth-order valence-corrected chi connectivity index (χ4v) is 1.74. The molecule has 0 radical (unpaired) electrons. The molecule has 0 aromatic carbocycles. The molecule has 0 saturated heterocycles. The van der Waals surface area contributed by atoms with E-state index in [1.54, 1.807) is 12.4 Å². The van der Waals surface area contributed by atoms with Crippen molar-refractivity contribution in [1.82, 2.24) is 4.98 Å². The van der Waals surface area contributed by atoms with Gasteiger partial charge in [0.1, 0.15) is 5.75 Å². The molecule has 0 fully saturated rings. The number of hydrogen-bond acceptors (Lipinski definition) is 3. The predicted octanol–water partition coefficient (Wildman–Crippen LogP) is 2.77. The van der Waals surface area contributed by atoms with Gasteiger partial charge in [0.2, 0.25) is 0 Å². The summed E-state index contributed by atoms with van der Waals surface area (Å²) in [5, 5.41) is 0. The van der Waals surface area contributed by atoms with Crippen molar-refractivity contribution in [2.45, 2.75) is 25.7 Å². The maximum Gasteiger partial charge on any atom is 0.189 e. The quantitative estimate of drug-likeness (QED) is 0.424. The van der Waals surface area contributed by atoms with Gasteiger partial charge in [-0.2, -0.15) is 0 Å². The largest absolute Gasteiger partial charge is 0.466 e. The summed E-state index contributed by atoms with van der Waals surface area (Å²) in [5.74, 6) is 0.755. The van der Waals surface area contributed by atoms with Crippen LogP contribution in [-0.2, 0) is 4.74 Å². The van der Waals surface area contributed by atoms with Crippen LogP contribution >= 0.6 is 0 Å². The maximum atomic E-state index is 5.40. The van der Waals surface area contributed by atoms with Crippen LogP contribution in [0.2, 0.25) is 25.7 Å². The molecule has 0 saturated carbocycles. The Balaban J connectivity index is 2.08. The molecule has 0 N–H and O–H groups in total. The summed E-state index contributed by atoms with van der Waals surface area (Å²) >= 11 is 0. The number of pyridine rings is 1. The highest BCUT2D eigenvalue weighted by molar-refractivity contribution is 6.76. The fraction of sp³-hybridized carbons (Fsp3) is 0.545. The second-order valence-electron chi connectivity index (χ2n) is 4.67. The van der Waals surface area contributed by atoms with Crippen LogP contribution < -0.4 is 4.74 Å². The Bertz CT molecular complexity index is 272. The summed E-state index contributed by atoms with van der Waals surface area (Å²) in [4.78, 5) is 3.95. The number of aromatic nitrogens is 1. The Morgan fingerprint density at radius 3 is 2.73 bits per heavy atom. The highest BCUT2D eigenvalue weighted by Crippen LogP contribution is 2.09. The van der Waals surface area contributed by atoms with Crippen LogP contribution in [0.5, 0.6) is 5.75 Å². The van der Waals surface area contributed by atoms with Crippen molar-refractivity contribution < 1.29 is 9.47 Å². The summed E-state index contributed by atoms with van der Waals surface area (Å²) in [7, 11) is -0.979. The average Bonchev–Trinajstić information content (AvgIpc) is 2.17. The first-order chi connectivity index (χ1) is 7.08. The molecule has 1 rings (SSSR count). The molecule has 84 valence electrons. The molecule has 0 bridgehead atoms. The van der Waals surface area contributed by atoms with Crippen LogP contribution in [0.1, 0.15) is 0 Å². The summed E-state index contributed by atoms with van der Waals surface area (Å²) in [5.41, 5.74) is 0. The topological polar surface area (TPSA) is 31.4 Å². The smallest absolute Gasteiger partial charge is 0.189 e. The summed E-state index contributed by atoms with van der Waals surface area (Å²) < 4.78 is 10.7. The van der Waals surface area contributed by atoms with Crippen LogP contribution in [0.3, 0.4) is 0 Å². The lowest BCUT2D eigenvalue weighted by Crippen LogP contribution is -2.22. The van der Waals surface area contributed by atoms with Gasteiger partial charge in [-0.15, -0.1) is 0 Å². The van der Waals surface area contributed by atoms with Crippen LogP contribution in [0.25, 0.3) is 0 Å². The Morgan fingerprint density at radius 1 is 1.33 bits per heavy atom. The molecule has 4 heteroatoms. The van der Waals surface area contributed by atoms with E-state index in [0.717, 1.165) is 12.4 Å². The van der Waals surface area contributed by atoms with Crippen molar-refractivity contribution in [3.8, 4) is 5.75 Å². The number of ether oxygens (including phenoxy) is 2. The Kier molecular flexibility index (Phi) is 4.78. The van der Waals surface area contributed by atoms with Gasteiger partial charge >= 0.3 is 0 Å². The second-order valence-corrected chi connectivity index (χ2v) is 10.3. The Hall–Kier alpha value is -0.873. The predicted molar refractivity (Wildman–Crippen MR) is 63.8 cm³/mol. The standard InChI is InChI=1S/C11H19NO2Si/c1-15(2,3)8-7-13-10-14-11-5-4-6-12-9-11/h4-6,9H,7-8,10H2,1-3H3. The monoisotopic (exact) mass is 225 g/mol. The third kappa shape index (κ3) is 6.25. The van der Waals surface area contributed by atoms with Gasteiger partial charge in [-0.3, -0.25) is 4.98 Å². The molecule has 1 aromatic heterocycles. The lowest BCUT2D eigenvalue weighted by molar-refractivity contribution is 0.0218. The van der Waals surface area contributed by atoms with Gasteiger partial charge < -0.3 is 9.47 Å². The zero-order valence-corrected chi connectivity index (χ0v) is 10.7. The molecular formula is C11H19NO2Si. The summed E-state index contributed by atoms with van der Waals surface area (Å²) in [6.07, 6.45) is 3.40. The van der Waals surface area contributed by atoms with Gasteiger partial charge in [0, 0.05) is 20.9 Å². The van der Waals surface area contributed by atoms with E-state index < -0.39 is 8.07 Å². The first-order valence-corrected chi connectivity index (χ1v) is 8.89. The van der Waals surface area contributed by atoms with E-state index in [-0.39, 0.29) is 0 Å². The van der Waals surface area contributed by atoms with Crippen LogP contribution in [0.15, 0.2) is 24.5 Å². The number of rotatable bonds is 6. The molecule has 0 aliphatic rings. The van der Waals surface area contributed by atoms with Gasteiger partial charge in [0.15, 0.2) is 6.79 Å². The third-order valence-corrected chi connectivity index (χ3v) is 3.64. The minimum absolute atomic E-state index is 0.316. The van der Waals surface area contributed by atoms with Gasteiger partial charge in [-0.1, -0.05) is 19.6 Å². The molecule has 0 spiro atoms. The van der Waals surface area contributed by atoms with Crippen molar-refractivity contribution in [2.75, 3.05) is 13.4 Å². The zero-order chi connectivity index (χ0) is 11.1. The SMILES string of the molecule is C[Si](C)(C)CCOCOc1cccnc1. The molecule has 0 unspecified atom stereocenters. The van der Waals surface area contributed by atoms with Gasteiger partial charge in [0.05, 0.1) is 6.20 Å². The van der Waals surface area contributed by atoms with Gasteiger partial charge in [-0.05, 0) is 18.2 Å². The molecule has 0 atom stereocenters. The van der Waals surface area contributed by atoms with Crippen LogP contribution in [0, 0.1) is 0 Å². The van der Waals surface area contributed by atoms with Gasteiger partial charge in [-0.25, -0.2) is 0 Å². The van der Waals surface area contributed by atoms with Crippen molar-refractivity contribution in [3.63, 3.8) is 0 Å². The fourth-order valence-electron chi connectivity index (χ4n) is 0.979. The lowest BCUT2D eigenvalue weighted by Gasteiger charge is -2.15. The van der Waals surface area contributed by atoms with E-state index in [1.165, 1.54) is 6.04 Å². The van der Waals surface area contributed by atoms with Gasteiger partial charge in [0.25, 0.3) is 0 Å². The molecular weight excluding hydrogens is 206 g/mol. The van der Waals surface area contributed by atoms with Crippen molar-refractivity contribution in [1.29, 1.82) is 0 Å². The third-order valence-electron chi connectivity index (χ3n) is 1.94. The van der Waals surface area contributed by atoms with E-state index in [1.807, 2.05) is 12.1 Å². The molecule has 3 nitrogen and oxygen atoms in total. The first-order valence-electron chi connectivity index (χ1n) is 5.18. The van der Waals surface area contributed by atoms with E-state index in [9.17, 15) is 0 Å². The molecule has 0 amide bonds. The first kappa shape index (κ1) is 12.2. The van der Waals surface area contributed by atoms with Crippen molar-refractivity contribution in [3.05, 3.63) is 24.5 Å². The second kappa shape index (κ2) is 5.88. The van der Waals surface area contributed by atoms with Crippen molar-refractivity contribution >= 4 is 8.07 Å². The summed E-state index contributed by atoms with van der Waals surface area (Å²) in [6, 6.07) is 4.88. The minimum atomic E-state index is -0.979. The minimum Gasteiger partial charge on any atom is -0.466 e. The van der Waals surface area contributed by atoms with E-state index in [2.05, 4.69) is 24.6 Å². The Morgan fingerprint density at radius 2 is 2.13 bits per heavy atom. The molecule has 0 aliphatic carbocycles. The normalized spacial score (nSPS) is 11.4. The zero-order valence-electron chi connectivity index (χ0n) is 9.69. The highest BCUT2D eigenvalue weighted by Gasteiger charge is 2.11. The lowest BCUT2D eigenvalue weighted by atomic mass is 10.5. The molecule has 1 aromatic rings. The van der Waals surface area contributed by atoms with E-state index >= 15 is 0 Å². The molecule has 0 aliphatic heterocycles. The number of hydrogen-bond donors (Lipinski definition) is 0.